The molecule has 3 heteroatoms. The first-order valence-corrected chi connectivity index (χ1v) is 9.13. The van der Waals surface area contributed by atoms with E-state index >= 15 is 0 Å². The molecule has 2 aliphatic heterocycles. The van der Waals surface area contributed by atoms with Gasteiger partial charge in [0, 0.05) is 18.1 Å². The first kappa shape index (κ1) is 18.9. The molecule has 0 atom stereocenters. The zero-order chi connectivity index (χ0) is 15.9. The second-order valence-electron chi connectivity index (χ2n) is 7.51. The lowest BCUT2D eigenvalue weighted by Crippen LogP contribution is -2.51. The van der Waals surface area contributed by atoms with Crippen molar-refractivity contribution in [2.24, 2.45) is 5.92 Å². The van der Waals surface area contributed by atoms with E-state index < -0.39 is 0 Å². The molecule has 2 fully saturated rings. The minimum Gasteiger partial charge on any atom is -0.317 e. The maximum atomic E-state index is 3.47. The Kier molecular flexibility index (Phi) is 8.22. The third kappa shape index (κ3) is 6.25. The van der Waals surface area contributed by atoms with Crippen LogP contribution in [0.4, 0.5) is 0 Å². The minimum absolute atomic E-state index is 0.307. The quantitative estimate of drug-likeness (QED) is 0.863. The van der Waals surface area contributed by atoms with E-state index in [1.54, 1.807) is 0 Å². The summed E-state index contributed by atoms with van der Waals surface area (Å²) >= 11 is 0. The van der Waals surface area contributed by atoms with E-state index in [0.29, 0.717) is 5.54 Å². The molecule has 0 saturated carbocycles. The molecule has 0 unspecified atom stereocenters. The summed E-state index contributed by atoms with van der Waals surface area (Å²) in [5, 5.41) is 3.47. The largest absolute Gasteiger partial charge is 0.317 e. The molecule has 2 aliphatic rings. The van der Waals surface area contributed by atoms with Gasteiger partial charge in [0.15, 0.2) is 0 Å². The van der Waals surface area contributed by atoms with Crippen molar-refractivity contribution >= 4 is 0 Å². The van der Waals surface area contributed by atoms with Gasteiger partial charge in [0.2, 0.25) is 0 Å². The molecule has 0 aliphatic carbocycles. The van der Waals surface area contributed by atoms with Crippen LogP contribution in [0.5, 0.6) is 0 Å². The molecule has 2 rings (SSSR count). The van der Waals surface area contributed by atoms with Gasteiger partial charge in [-0.1, -0.05) is 13.8 Å². The molecule has 3 nitrogen and oxygen atoms in total. The lowest BCUT2D eigenvalue weighted by atomic mass is 9.94. The van der Waals surface area contributed by atoms with Crippen LogP contribution in [0.2, 0.25) is 0 Å². The minimum atomic E-state index is 0.307. The van der Waals surface area contributed by atoms with Crippen LogP contribution in [0.25, 0.3) is 0 Å². The van der Waals surface area contributed by atoms with Gasteiger partial charge in [0.05, 0.1) is 0 Å². The predicted octanol–water partition coefficient (Wildman–Crippen LogP) is 3.21. The fraction of sp³-hybridized carbons (Fsp3) is 1.00. The number of nitrogens with one attached hydrogen (secondary N) is 1. The van der Waals surface area contributed by atoms with Crippen LogP contribution in [0.3, 0.4) is 0 Å². The highest BCUT2D eigenvalue weighted by molar-refractivity contribution is 4.85. The van der Waals surface area contributed by atoms with Crippen LogP contribution in [0.15, 0.2) is 0 Å². The van der Waals surface area contributed by atoms with Crippen LogP contribution < -0.4 is 5.32 Å². The number of piperidine rings is 2. The molecular weight excluding hydrogens is 258 g/mol. The Balaban J connectivity index is 0.00000106. The number of hydrogen-bond donors (Lipinski definition) is 1. The van der Waals surface area contributed by atoms with Crippen LogP contribution >= 0.6 is 0 Å². The molecule has 2 saturated heterocycles. The molecule has 0 spiro atoms. The van der Waals surface area contributed by atoms with E-state index in [0.717, 1.165) is 12.0 Å². The van der Waals surface area contributed by atoms with Crippen molar-refractivity contribution in [3.63, 3.8) is 0 Å². The van der Waals surface area contributed by atoms with Crippen molar-refractivity contribution in [2.75, 3.05) is 39.8 Å². The molecule has 0 aromatic rings. The zero-order valence-electron chi connectivity index (χ0n) is 15.4. The van der Waals surface area contributed by atoms with E-state index in [9.17, 15) is 0 Å². The average molecular weight is 298 g/mol. The van der Waals surface area contributed by atoms with Crippen LogP contribution in [-0.4, -0.2) is 61.2 Å². The Hall–Kier alpha value is -0.120. The van der Waals surface area contributed by atoms with Crippen molar-refractivity contribution < 1.29 is 0 Å². The summed E-state index contributed by atoms with van der Waals surface area (Å²) in [6.07, 6.45) is 5.45. The molecule has 0 radical (unpaired) electrons. The van der Waals surface area contributed by atoms with E-state index in [4.69, 9.17) is 0 Å². The molecular formula is C18H39N3. The van der Waals surface area contributed by atoms with Gasteiger partial charge in [0.1, 0.15) is 0 Å². The average Bonchev–Trinajstić information content (AvgIpc) is 2.49. The molecule has 1 N–H and O–H groups in total. The van der Waals surface area contributed by atoms with Gasteiger partial charge in [-0.05, 0) is 85.6 Å². The number of likely N-dealkylation sites (tertiary alicyclic amines) is 1. The highest BCUT2D eigenvalue weighted by Crippen LogP contribution is 2.24. The van der Waals surface area contributed by atoms with Crippen molar-refractivity contribution in [1.29, 1.82) is 0 Å². The number of rotatable bonds is 3. The standard InChI is InChI=1S/C16H33N3.C2H6/c1-16(2,3)18(4)15-7-11-19(12-8-15)13-14-5-9-17-10-6-14;1-2/h14-15,17H,5-13H2,1-4H3;1-2H3. The molecule has 21 heavy (non-hydrogen) atoms. The van der Waals surface area contributed by atoms with Crippen LogP contribution in [0.1, 0.15) is 60.3 Å². The Morgan fingerprint density at radius 2 is 1.52 bits per heavy atom. The highest BCUT2D eigenvalue weighted by atomic mass is 15.2. The first-order chi connectivity index (χ1) is 9.97. The number of hydrogen-bond acceptors (Lipinski definition) is 3. The SMILES string of the molecule is CC.CN(C1CCN(CC2CCNCC2)CC1)C(C)(C)C. The maximum absolute atomic E-state index is 3.47. The Morgan fingerprint density at radius 3 is 2.00 bits per heavy atom. The summed E-state index contributed by atoms with van der Waals surface area (Å²) in [5.41, 5.74) is 0.307. The van der Waals surface area contributed by atoms with E-state index in [2.05, 4.69) is 42.9 Å². The smallest absolute Gasteiger partial charge is 0.0124 e. The summed E-state index contributed by atoms with van der Waals surface area (Å²) in [4.78, 5) is 5.29. The second kappa shape index (κ2) is 9.12. The number of nitrogens with zero attached hydrogens (tertiary/aromatic N) is 2. The van der Waals surface area contributed by atoms with E-state index in [1.807, 2.05) is 13.8 Å². The lowest BCUT2D eigenvalue weighted by Gasteiger charge is -2.43. The highest BCUT2D eigenvalue weighted by Gasteiger charge is 2.29. The lowest BCUT2D eigenvalue weighted by molar-refractivity contribution is 0.0576. The topological polar surface area (TPSA) is 18.5 Å². The molecule has 126 valence electrons. The normalized spacial score (nSPS) is 23.0. The summed E-state index contributed by atoms with van der Waals surface area (Å²) in [5.74, 6) is 0.943. The summed E-state index contributed by atoms with van der Waals surface area (Å²) < 4.78 is 0. The third-order valence-corrected chi connectivity index (χ3v) is 5.14. The monoisotopic (exact) mass is 297 g/mol. The molecule has 0 bridgehead atoms. The van der Waals surface area contributed by atoms with Crippen LogP contribution in [-0.2, 0) is 0 Å². The Bertz CT molecular complexity index is 258. The fourth-order valence-electron chi connectivity index (χ4n) is 3.47. The molecule has 0 amide bonds. The van der Waals surface area contributed by atoms with Gasteiger partial charge in [-0.2, -0.15) is 0 Å². The predicted molar refractivity (Wildman–Crippen MR) is 93.9 cm³/mol. The molecule has 0 aromatic carbocycles. The summed E-state index contributed by atoms with van der Waals surface area (Å²) in [6.45, 7) is 17.4. The second-order valence-corrected chi connectivity index (χ2v) is 7.51. The van der Waals surface area contributed by atoms with Crippen molar-refractivity contribution in [2.45, 2.75) is 71.9 Å². The van der Waals surface area contributed by atoms with Crippen molar-refractivity contribution in [3.05, 3.63) is 0 Å². The molecule has 2 heterocycles. The van der Waals surface area contributed by atoms with Crippen molar-refractivity contribution in [3.8, 4) is 0 Å². The zero-order valence-corrected chi connectivity index (χ0v) is 15.4. The van der Waals surface area contributed by atoms with Crippen LogP contribution in [0, 0.1) is 5.92 Å². The van der Waals surface area contributed by atoms with Crippen molar-refractivity contribution in [1.82, 2.24) is 15.1 Å². The third-order valence-electron chi connectivity index (χ3n) is 5.14. The van der Waals surface area contributed by atoms with Gasteiger partial charge in [-0.3, -0.25) is 4.90 Å². The van der Waals surface area contributed by atoms with Gasteiger partial charge < -0.3 is 10.2 Å². The summed E-state index contributed by atoms with van der Waals surface area (Å²) in [6, 6.07) is 0.782. The summed E-state index contributed by atoms with van der Waals surface area (Å²) in [7, 11) is 2.30. The van der Waals surface area contributed by atoms with Gasteiger partial charge in [-0.15, -0.1) is 0 Å². The van der Waals surface area contributed by atoms with Gasteiger partial charge in [0.25, 0.3) is 0 Å². The Morgan fingerprint density at radius 1 is 1.00 bits per heavy atom. The first-order valence-electron chi connectivity index (χ1n) is 9.13. The maximum Gasteiger partial charge on any atom is 0.0124 e. The van der Waals surface area contributed by atoms with Gasteiger partial charge in [-0.25, -0.2) is 0 Å². The fourth-order valence-corrected chi connectivity index (χ4v) is 3.47. The Labute approximate surface area is 133 Å². The van der Waals surface area contributed by atoms with Gasteiger partial charge >= 0.3 is 0 Å². The molecule has 0 aromatic heterocycles. The van der Waals surface area contributed by atoms with E-state index in [-0.39, 0.29) is 0 Å². The van der Waals surface area contributed by atoms with E-state index in [1.165, 1.54) is 58.4 Å².